The smallest absolute Gasteiger partial charge is 0.212 e. The fourth-order valence-electron chi connectivity index (χ4n) is 4.66. The van der Waals surface area contributed by atoms with Crippen molar-refractivity contribution in [2.24, 2.45) is 20.0 Å². The van der Waals surface area contributed by atoms with Crippen LogP contribution in [0.1, 0.15) is 85.1 Å². The van der Waals surface area contributed by atoms with Crippen LogP contribution >= 0.6 is 0 Å². The lowest BCUT2D eigenvalue weighted by atomic mass is 10.3. The number of rotatable bonds is 0. The van der Waals surface area contributed by atoms with E-state index in [0.29, 0.717) is 0 Å². The lowest BCUT2D eigenvalue weighted by Crippen LogP contribution is -2.71. The zero-order chi connectivity index (χ0) is 23.9. The molecule has 8 nitrogen and oxygen atoms in total. The van der Waals surface area contributed by atoms with E-state index >= 15 is 0 Å². The van der Waals surface area contributed by atoms with Crippen LogP contribution in [0.4, 0.5) is 11.6 Å². The summed E-state index contributed by atoms with van der Waals surface area (Å²) in [5, 5.41) is 0. The Morgan fingerprint density at radius 3 is 1.49 bits per heavy atom. The summed E-state index contributed by atoms with van der Waals surface area (Å²) in [4.78, 5) is 19.3. The molecule has 6 aliphatic rings. The second kappa shape index (κ2) is 12.5. The highest BCUT2D eigenvalue weighted by molar-refractivity contribution is 6.15. The Labute approximate surface area is 223 Å². The van der Waals surface area contributed by atoms with Crippen LogP contribution in [-0.2, 0) is 5.91 Å². The van der Waals surface area contributed by atoms with Gasteiger partial charge in [0.1, 0.15) is 11.3 Å². The Morgan fingerprint density at radius 2 is 0.946 bits per heavy atom. The van der Waals surface area contributed by atoms with Gasteiger partial charge in [-0.3, -0.25) is 0 Å². The second-order valence-corrected chi connectivity index (χ2v) is 6.59. The van der Waals surface area contributed by atoms with E-state index in [4.69, 9.17) is 20.0 Å². The van der Waals surface area contributed by atoms with Gasteiger partial charge in [0.25, 0.3) is 23.3 Å². The topological polar surface area (TPSA) is 65.3 Å². The van der Waals surface area contributed by atoms with Crippen molar-refractivity contribution in [2.45, 2.75) is 91.0 Å². The molecule has 0 fully saturated rings. The molecule has 6 aliphatic heterocycles. The lowest BCUT2D eigenvalue weighted by Gasteiger charge is -2.41. The van der Waals surface area contributed by atoms with Crippen LogP contribution in [0.5, 0.6) is 0 Å². The maximum atomic E-state index is 4.82. The van der Waals surface area contributed by atoms with E-state index in [-0.39, 0.29) is 29.7 Å². The van der Waals surface area contributed by atoms with Gasteiger partial charge in [-0.2, -0.15) is 0 Å². The van der Waals surface area contributed by atoms with Crippen LogP contribution in [0.25, 0.3) is 0 Å². The minimum Gasteiger partial charge on any atom is -0.212 e. The van der Waals surface area contributed by atoms with Crippen LogP contribution in [0, 0.1) is 0 Å². The van der Waals surface area contributed by atoms with Gasteiger partial charge in [-0.05, 0) is 12.1 Å². The summed E-state index contributed by atoms with van der Waals surface area (Å²) < 4.78 is 8.71. The van der Waals surface area contributed by atoms with Crippen molar-refractivity contribution in [1.82, 2.24) is 9.13 Å². The Hall–Kier alpha value is -3.68. The van der Waals surface area contributed by atoms with E-state index in [1.54, 1.807) is 0 Å². The van der Waals surface area contributed by atoms with Crippen LogP contribution in [0.3, 0.4) is 0 Å². The van der Waals surface area contributed by atoms with Crippen molar-refractivity contribution in [3.63, 3.8) is 0 Å². The third kappa shape index (κ3) is 3.81. The molecule has 8 heterocycles. The maximum absolute atomic E-state index is 4.82. The second-order valence-electron chi connectivity index (χ2n) is 6.59. The highest BCUT2D eigenvalue weighted by Gasteiger charge is 2.64. The average Bonchev–Trinajstić information content (AvgIpc) is 3.68. The fraction of sp³-hybridized carbons (Fsp3) is 0.448. The van der Waals surface area contributed by atoms with Gasteiger partial charge in [0.05, 0.1) is 0 Å². The van der Waals surface area contributed by atoms with Crippen molar-refractivity contribution in [1.29, 1.82) is 0 Å². The zero-order valence-corrected chi connectivity index (χ0v) is 20.7. The van der Waals surface area contributed by atoms with Gasteiger partial charge >= 0.3 is 5.91 Å². The molecule has 0 radical (unpaired) electrons. The highest BCUT2D eigenvalue weighted by Crippen LogP contribution is 2.43. The fourth-order valence-corrected chi connectivity index (χ4v) is 4.66. The number of hydrogen-bond acceptors (Lipinski definition) is 4. The van der Waals surface area contributed by atoms with Gasteiger partial charge in [0, 0.05) is 36.4 Å². The largest absolute Gasteiger partial charge is 0.402 e. The Bertz CT molecular complexity index is 1440. The Balaban J connectivity index is 0.00000100. The van der Waals surface area contributed by atoms with Gasteiger partial charge in [0.15, 0.2) is 0 Å². The summed E-state index contributed by atoms with van der Waals surface area (Å²) in [6.45, 7) is 16.0. The van der Waals surface area contributed by atoms with Gasteiger partial charge < -0.3 is 0 Å². The van der Waals surface area contributed by atoms with Crippen LogP contribution in [0.15, 0.2) is 68.5 Å². The van der Waals surface area contributed by atoms with E-state index < -0.39 is 5.91 Å². The molecule has 37 heavy (non-hydrogen) atoms. The Kier molecular flexibility index (Phi) is 11.3. The number of nitrogens with zero attached hydrogens (tertiary/aromatic N) is 8. The van der Waals surface area contributed by atoms with Crippen molar-refractivity contribution in [3.8, 4) is 0 Å². The first-order valence-electron chi connectivity index (χ1n) is 12.1. The quantitative estimate of drug-likeness (QED) is 0.371. The molecule has 0 aliphatic carbocycles. The summed E-state index contributed by atoms with van der Waals surface area (Å²) in [7, 11) is 0. The molecule has 2 aromatic rings. The molecule has 0 bridgehead atoms. The van der Waals surface area contributed by atoms with Crippen molar-refractivity contribution >= 4 is 35.0 Å². The van der Waals surface area contributed by atoms with Gasteiger partial charge in [-0.1, -0.05) is 100 Å². The van der Waals surface area contributed by atoms with Crippen molar-refractivity contribution in [3.05, 3.63) is 59.5 Å². The first-order valence-corrected chi connectivity index (χ1v) is 12.1. The summed E-state index contributed by atoms with van der Waals surface area (Å²) in [5.74, 6) is 4.63. The predicted octanol–water partition coefficient (Wildman–Crippen LogP) is 6.37. The highest BCUT2D eigenvalue weighted by atomic mass is 15.7. The number of aromatic nitrogens is 2. The first kappa shape index (κ1) is 33.3. The van der Waals surface area contributed by atoms with Crippen LogP contribution in [0.2, 0.25) is 0 Å². The van der Waals surface area contributed by atoms with E-state index in [1.807, 2.05) is 104 Å². The standard InChI is InChI=1S/C17H8N8.4C2H6.4CH4/c1-2-10-19-12-5-6-14-21-16-8-7-15-20-13-4-3-11-18-9(1)22(10)17(23(11)13,24(12)14)25(15)16;4*1-2;;;;/h1-8H;4*1-2H3;4*1H4/q+2;;;;;;;;. The molecular weight excluding hydrogens is 460 g/mol. The summed E-state index contributed by atoms with van der Waals surface area (Å²) in [6.07, 6.45) is 8.10. The maximum Gasteiger partial charge on any atom is 0.402 e. The minimum atomic E-state index is -0.683. The van der Waals surface area contributed by atoms with E-state index in [9.17, 15) is 0 Å². The molecule has 0 saturated heterocycles. The molecule has 1 atom stereocenters. The van der Waals surface area contributed by atoms with Gasteiger partial charge in [0.2, 0.25) is 11.3 Å². The van der Waals surface area contributed by atoms with E-state index in [2.05, 4.69) is 18.3 Å². The van der Waals surface area contributed by atoms with Crippen molar-refractivity contribution in [2.75, 3.05) is 0 Å². The number of amidine groups is 4. The zero-order valence-electron chi connectivity index (χ0n) is 20.7. The SMILES string of the molecule is C.C.C.C.C1=CC2=[N+]3C1=NC1=[N+]4C(=Nc5ccc6n5C43n3c(ccc3=N6)=N2)C=C1.CC.CC.CC.CC. The monoisotopic (exact) mass is 508 g/mol. The lowest BCUT2D eigenvalue weighted by molar-refractivity contribution is -0.791. The molecule has 1 spiro atoms. The summed E-state index contributed by atoms with van der Waals surface area (Å²) in [6, 6.07) is 8.10. The van der Waals surface area contributed by atoms with Crippen LogP contribution in [-0.4, -0.2) is 41.6 Å². The normalized spacial score (nSPS) is 18.9. The molecule has 0 N–H and O–H groups in total. The van der Waals surface area contributed by atoms with E-state index in [1.165, 1.54) is 0 Å². The summed E-state index contributed by atoms with van der Waals surface area (Å²) >= 11 is 0. The molecule has 202 valence electrons. The summed E-state index contributed by atoms with van der Waals surface area (Å²) in [5.41, 5.74) is 1.77. The molecule has 0 aromatic carbocycles. The molecule has 0 saturated carbocycles. The van der Waals surface area contributed by atoms with Gasteiger partial charge in [-0.25, -0.2) is 14.1 Å². The number of aliphatic imine (C=N–C) groups is 2. The molecular formula is C29H48N8+2. The Morgan fingerprint density at radius 1 is 0.514 bits per heavy atom. The first-order chi connectivity index (χ1) is 16.4. The molecule has 8 heteroatoms. The third-order valence-electron chi connectivity index (χ3n) is 5.48. The average molecular weight is 509 g/mol. The minimum absolute atomic E-state index is 0. The van der Waals surface area contributed by atoms with Crippen LogP contribution < -0.4 is 11.0 Å². The van der Waals surface area contributed by atoms with Crippen molar-refractivity contribution < 1.29 is 9.15 Å². The molecule has 1 unspecified atom stereocenters. The molecule has 0 amide bonds. The van der Waals surface area contributed by atoms with Gasteiger partial charge in [-0.15, -0.1) is 9.15 Å². The molecule has 8 rings (SSSR count). The van der Waals surface area contributed by atoms with E-state index in [0.717, 1.165) is 46.0 Å². The predicted molar refractivity (Wildman–Crippen MR) is 160 cm³/mol. The number of hydrogen-bond donors (Lipinski definition) is 0. The molecule has 2 aromatic heterocycles. The third-order valence-corrected chi connectivity index (χ3v) is 5.48.